The van der Waals surface area contributed by atoms with E-state index in [-0.39, 0.29) is 13.1 Å². The van der Waals surface area contributed by atoms with Crippen molar-refractivity contribution in [1.82, 2.24) is 4.72 Å². The molecule has 1 aromatic heterocycles. The summed E-state index contributed by atoms with van der Waals surface area (Å²) in [4.78, 5) is 0. The van der Waals surface area contributed by atoms with Gasteiger partial charge in [-0.05, 0) is 19.1 Å². The third-order valence-corrected chi connectivity index (χ3v) is 3.69. The number of furan rings is 1. The Balaban J connectivity index is 2.53. The first kappa shape index (κ1) is 11.2. The van der Waals surface area contributed by atoms with E-state index in [9.17, 15) is 8.42 Å². The maximum absolute atomic E-state index is 11.4. The molecule has 0 saturated heterocycles. The number of nitrogens with two attached hydrogens (primary N) is 1. The Kier molecular flexibility index (Phi) is 3.68. The number of rotatable bonds is 5. The van der Waals surface area contributed by atoms with Gasteiger partial charge in [-0.2, -0.15) is 0 Å². The molecule has 6 heteroatoms. The van der Waals surface area contributed by atoms with Gasteiger partial charge in [0, 0.05) is 6.54 Å². The van der Waals surface area contributed by atoms with Crippen molar-refractivity contribution in [1.29, 1.82) is 0 Å². The topological polar surface area (TPSA) is 85.3 Å². The molecule has 1 atom stereocenters. The molecule has 0 aromatic carbocycles. The first-order valence-corrected chi connectivity index (χ1v) is 5.82. The fraction of sp³-hybridized carbons (Fsp3) is 0.500. The molecule has 0 spiro atoms. The Morgan fingerprint density at radius 1 is 1.64 bits per heavy atom. The Hall–Kier alpha value is -0.850. The van der Waals surface area contributed by atoms with E-state index < -0.39 is 15.3 Å². The largest absolute Gasteiger partial charge is 0.468 e. The third-order valence-electron chi connectivity index (χ3n) is 1.89. The van der Waals surface area contributed by atoms with E-state index in [2.05, 4.69) is 4.72 Å². The van der Waals surface area contributed by atoms with E-state index in [0.717, 1.165) is 0 Å². The molecule has 0 amide bonds. The van der Waals surface area contributed by atoms with Crippen LogP contribution in [0, 0.1) is 0 Å². The van der Waals surface area contributed by atoms with Crippen molar-refractivity contribution in [2.45, 2.75) is 18.7 Å². The van der Waals surface area contributed by atoms with Crippen LogP contribution < -0.4 is 10.5 Å². The Bertz CT molecular complexity index is 358. The zero-order valence-corrected chi connectivity index (χ0v) is 8.75. The van der Waals surface area contributed by atoms with Crippen molar-refractivity contribution >= 4 is 10.0 Å². The zero-order chi connectivity index (χ0) is 10.6. The van der Waals surface area contributed by atoms with Gasteiger partial charge in [0.25, 0.3) is 0 Å². The molecule has 14 heavy (non-hydrogen) atoms. The van der Waals surface area contributed by atoms with E-state index >= 15 is 0 Å². The molecule has 0 bridgehead atoms. The van der Waals surface area contributed by atoms with Gasteiger partial charge in [-0.15, -0.1) is 0 Å². The molecule has 5 nitrogen and oxygen atoms in total. The van der Waals surface area contributed by atoms with Crippen LogP contribution in [-0.2, 0) is 16.6 Å². The fourth-order valence-electron chi connectivity index (χ4n) is 0.854. The molecule has 1 rings (SSSR count). The first-order chi connectivity index (χ1) is 6.56. The highest BCUT2D eigenvalue weighted by molar-refractivity contribution is 7.90. The van der Waals surface area contributed by atoms with Crippen LogP contribution in [0.4, 0.5) is 0 Å². The van der Waals surface area contributed by atoms with Crippen LogP contribution in [0.5, 0.6) is 0 Å². The lowest BCUT2D eigenvalue weighted by molar-refractivity contribution is 0.497. The Morgan fingerprint density at radius 2 is 2.36 bits per heavy atom. The summed E-state index contributed by atoms with van der Waals surface area (Å²) in [5.41, 5.74) is 5.26. The molecule has 0 aliphatic rings. The van der Waals surface area contributed by atoms with E-state index in [1.165, 1.54) is 6.26 Å². The van der Waals surface area contributed by atoms with Crippen molar-refractivity contribution in [3.63, 3.8) is 0 Å². The van der Waals surface area contributed by atoms with Crippen molar-refractivity contribution < 1.29 is 12.8 Å². The lowest BCUT2D eigenvalue weighted by Crippen LogP contribution is -2.36. The van der Waals surface area contributed by atoms with Gasteiger partial charge in [0.1, 0.15) is 5.76 Å². The monoisotopic (exact) mass is 218 g/mol. The van der Waals surface area contributed by atoms with Crippen LogP contribution in [0.2, 0.25) is 0 Å². The average molecular weight is 218 g/mol. The number of sulfonamides is 1. The predicted molar refractivity (Wildman–Crippen MR) is 53.0 cm³/mol. The van der Waals surface area contributed by atoms with Crippen LogP contribution in [0.25, 0.3) is 0 Å². The summed E-state index contributed by atoms with van der Waals surface area (Å²) in [6, 6.07) is 3.41. The summed E-state index contributed by atoms with van der Waals surface area (Å²) < 4.78 is 30.2. The molecule has 80 valence electrons. The predicted octanol–water partition coefficient (Wildman–Crippen LogP) is 0.0462. The molecule has 0 aliphatic carbocycles. The SMILES string of the molecule is CC(CN)S(=O)(=O)NCc1ccco1. The van der Waals surface area contributed by atoms with E-state index in [0.29, 0.717) is 5.76 Å². The van der Waals surface area contributed by atoms with Gasteiger partial charge in [0.2, 0.25) is 10.0 Å². The van der Waals surface area contributed by atoms with E-state index in [4.69, 9.17) is 10.2 Å². The molecule has 0 fully saturated rings. The molecule has 1 aromatic rings. The summed E-state index contributed by atoms with van der Waals surface area (Å²) in [5, 5.41) is -0.586. The smallest absolute Gasteiger partial charge is 0.215 e. The van der Waals surface area contributed by atoms with Gasteiger partial charge >= 0.3 is 0 Å². The Labute approximate surface area is 83.3 Å². The maximum Gasteiger partial charge on any atom is 0.215 e. The highest BCUT2D eigenvalue weighted by Crippen LogP contribution is 2.02. The zero-order valence-electron chi connectivity index (χ0n) is 7.93. The van der Waals surface area contributed by atoms with Crippen LogP contribution in [-0.4, -0.2) is 20.2 Å². The first-order valence-electron chi connectivity index (χ1n) is 4.27. The fourth-order valence-corrected chi connectivity index (χ4v) is 1.74. The van der Waals surface area contributed by atoms with Crippen molar-refractivity contribution in [3.05, 3.63) is 24.2 Å². The second kappa shape index (κ2) is 4.59. The summed E-state index contributed by atoms with van der Waals surface area (Å²) in [5.74, 6) is 0.581. The van der Waals surface area contributed by atoms with Crippen molar-refractivity contribution in [2.24, 2.45) is 5.73 Å². The Morgan fingerprint density at radius 3 is 2.86 bits per heavy atom. The molecule has 3 N–H and O–H groups in total. The minimum absolute atomic E-state index is 0.105. The molecular weight excluding hydrogens is 204 g/mol. The second-order valence-corrected chi connectivity index (χ2v) is 5.18. The highest BCUT2D eigenvalue weighted by atomic mass is 32.2. The van der Waals surface area contributed by atoms with E-state index in [1.54, 1.807) is 19.1 Å². The third kappa shape index (κ3) is 2.83. The molecule has 0 radical (unpaired) electrons. The summed E-state index contributed by atoms with van der Waals surface area (Å²) in [7, 11) is -3.32. The summed E-state index contributed by atoms with van der Waals surface area (Å²) in [6.45, 7) is 1.83. The summed E-state index contributed by atoms with van der Waals surface area (Å²) in [6.07, 6.45) is 1.50. The lowest BCUT2D eigenvalue weighted by atomic mass is 10.5. The minimum atomic E-state index is -3.32. The van der Waals surface area contributed by atoms with Crippen molar-refractivity contribution in [2.75, 3.05) is 6.54 Å². The van der Waals surface area contributed by atoms with Crippen LogP contribution in [0.3, 0.4) is 0 Å². The molecule has 0 aliphatic heterocycles. The van der Waals surface area contributed by atoms with Crippen molar-refractivity contribution in [3.8, 4) is 0 Å². The quantitative estimate of drug-likeness (QED) is 0.731. The number of hydrogen-bond acceptors (Lipinski definition) is 4. The van der Waals surface area contributed by atoms with Gasteiger partial charge in [0.15, 0.2) is 0 Å². The van der Waals surface area contributed by atoms with Gasteiger partial charge < -0.3 is 10.2 Å². The molecule has 1 unspecified atom stereocenters. The second-order valence-electron chi connectivity index (χ2n) is 2.99. The van der Waals surface area contributed by atoms with Crippen LogP contribution >= 0.6 is 0 Å². The van der Waals surface area contributed by atoms with Crippen LogP contribution in [0.15, 0.2) is 22.8 Å². The van der Waals surface area contributed by atoms with Gasteiger partial charge in [-0.1, -0.05) is 0 Å². The lowest BCUT2D eigenvalue weighted by Gasteiger charge is -2.10. The minimum Gasteiger partial charge on any atom is -0.468 e. The summed E-state index contributed by atoms with van der Waals surface area (Å²) >= 11 is 0. The molecular formula is C8H14N2O3S. The average Bonchev–Trinajstić information content (AvgIpc) is 2.66. The normalized spacial score (nSPS) is 14.1. The number of hydrogen-bond donors (Lipinski definition) is 2. The maximum atomic E-state index is 11.4. The van der Waals surface area contributed by atoms with Crippen LogP contribution in [0.1, 0.15) is 12.7 Å². The van der Waals surface area contributed by atoms with Gasteiger partial charge in [-0.3, -0.25) is 0 Å². The van der Waals surface area contributed by atoms with Gasteiger partial charge in [0.05, 0.1) is 18.1 Å². The number of nitrogens with one attached hydrogen (secondary N) is 1. The standard InChI is InChI=1S/C8H14N2O3S/c1-7(5-9)14(11,12)10-6-8-3-2-4-13-8/h2-4,7,10H,5-6,9H2,1H3. The molecule has 1 heterocycles. The molecule has 0 saturated carbocycles. The van der Waals surface area contributed by atoms with Gasteiger partial charge in [-0.25, -0.2) is 13.1 Å². The van der Waals surface area contributed by atoms with E-state index in [1.807, 2.05) is 0 Å². The highest BCUT2D eigenvalue weighted by Gasteiger charge is 2.18.